The summed E-state index contributed by atoms with van der Waals surface area (Å²) in [6.07, 6.45) is 7.93. The minimum atomic E-state index is 0.178. The second kappa shape index (κ2) is 6.32. The van der Waals surface area contributed by atoms with E-state index in [-0.39, 0.29) is 6.10 Å². The highest BCUT2D eigenvalue weighted by atomic mass is 32.2. The van der Waals surface area contributed by atoms with Crippen molar-refractivity contribution in [2.75, 3.05) is 11.6 Å². The lowest BCUT2D eigenvalue weighted by Crippen LogP contribution is -2.18. The van der Waals surface area contributed by atoms with Gasteiger partial charge in [-0.2, -0.15) is 11.8 Å². The van der Waals surface area contributed by atoms with Gasteiger partial charge in [0.2, 0.25) is 0 Å². The fourth-order valence-corrected chi connectivity index (χ4v) is 3.12. The van der Waals surface area contributed by atoms with Crippen molar-refractivity contribution in [3.63, 3.8) is 0 Å². The van der Waals surface area contributed by atoms with Gasteiger partial charge in [0.25, 0.3) is 0 Å². The van der Waals surface area contributed by atoms with Crippen LogP contribution in [0.25, 0.3) is 0 Å². The molecule has 18 heavy (non-hydrogen) atoms. The van der Waals surface area contributed by atoms with E-state index in [9.17, 15) is 0 Å². The molecule has 1 aliphatic rings. The molecular formula is C14H22N2OS. The Bertz CT molecular complexity index is 384. The van der Waals surface area contributed by atoms with Crippen LogP contribution in [0.5, 0.6) is 5.75 Å². The van der Waals surface area contributed by atoms with Gasteiger partial charge in [-0.05, 0) is 51.5 Å². The first-order chi connectivity index (χ1) is 8.69. The third-order valence-corrected chi connectivity index (χ3v) is 4.29. The van der Waals surface area contributed by atoms with Crippen LogP contribution in [0.2, 0.25) is 0 Å². The van der Waals surface area contributed by atoms with E-state index >= 15 is 0 Å². The van der Waals surface area contributed by atoms with E-state index in [1.807, 2.05) is 43.9 Å². The van der Waals surface area contributed by atoms with E-state index in [1.165, 1.54) is 19.3 Å². The van der Waals surface area contributed by atoms with E-state index < -0.39 is 0 Å². The number of hydrogen-bond donors (Lipinski definition) is 1. The van der Waals surface area contributed by atoms with Crippen LogP contribution in [-0.2, 0) is 0 Å². The zero-order chi connectivity index (χ0) is 13.0. The maximum atomic E-state index is 5.78. The van der Waals surface area contributed by atoms with E-state index in [0.29, 0.717) is 6.04 Å². The average molecular weight is 266 g/mol. The van der Waals surface area contributed by atoms with Gasteiger partial charge in [0, 0.05) is 17.5 Å². The minimum Gasteiger partial charge on any atom is -0.487 e. The standard InChI is InChI=1S/C14H22N2OS/c1-10(2)17-13-5-4-8-15-14(13)16-11-6-7-12(9-11)18-3/h4-5,8,10-12H,6-7,9H2,1-3H3,(H,15,16). The highest BCUT2D eigenvalue weighted by Crippen LogP contribution is 2.32. The Morgan fingerprint density at radius 1 is 1.44 bits per heavy atom. The Kier molecular flexibility index (Phi) is 4.75. The topological polar surface area (TPSA) is 34.2 Å². The van der Waals surface area contributed by atoms with Gasteiger partial charge < -0.3 is 10.1 Å². The predicted octanol–water partition coefficient (Wildman–Crippen LogP) is 3.56. The Morgan fingerprint density at radius 3 is 2.94 bits per heavy atom. The van der Waals surface area contributed by atoms with E-state index in [1.54, 1.807) is 0 Å². The molecule has 1 aromatic rings. The van der Waals surface area contributed by atoms with Crippen molar-refractivity contribution in [3.8, 4) is 5.75 Å². The quantitative estimate of drug-likeness (QED) is 0.883. The Hall–Kier alpha value is -0.900. The van der Waals surface area contributed by atoms with E-state index in [0.717, 1.165) is 16.8 Å². The molecule has 1 saturated carbocycles. The molecule has 1 fully saturated rings. The Morgan fingerprint density at radius 2 is 2.28 bits per heavy atom. The summed E-state index contributed by atoms with van der Waals surface area (Å²) in [6.45, 7) is 4.08. The number of anilines is 1. The summed E-state index contributed by atoms with van der Waals surface area (Å²) in [4.78, 5) is 4.40. The highest BCUT2D eigenvalue weighted by molar-refractivity contribution is 7.99. The van der Waals surface area contributed by atoms with Crippen LogP contribution in [-0.4, -0.2) is 28.6 Å². The van der Waals surface area contributed by atoms with Crippen LogP contribution in [0.4, 0.5) is 5.82 Å². The molecule has 1 heterocycles. The maximum absolute atomic E-state index is 5.78. The molecule has 0 aromatic carbocycles. The first-order valence-electron chi connectivity index (χ1n) is 6.60. The van der Waals surface area contributed by atoms with Gasteiger partial charge in [-0.3, -0.25) is 0 Å². The second-order valence-electron chi connectivity index (χ2n) is 5.03. The monoisotopic (exact) mass is 266 g/mol. The minimum absolute atomic E-state index is 0.178. The molecule has 2 unspecified atom stereocenters. The zero-order valence-corrected chi connectivity index (χ0v) is 12.2. The van der Waals surface area contributed by atoms with Crippen molar-refractivity contribution in [1.82, 2.24) is 4.98 Å². The number of pyridine rings is 1. The number of nitrogens with one attached hydrogen (secondary N) is 1. The summed E-state index contributed by atoms with van der Waals surface area (Å²) in [6, 6.07) is 4.44. The molecular weight excluding hydrogens is 244 g/mol. The smallest absolute Gasteiger partial charge is 0.168 e. The number of hydrogen-bond acceptors (Lipinski definition) is 4. The molecule has 0 radical (unpaired) electrons. The lowest BCUT2D eigenvalue weighted by atomic mass is 10.2. The Balaban J connectivity index is 2.00. The second-order valence-corrected chi connectivity index (χ2v) is 6.17. The largest absolute Gasteiger partial charge is 0.487 e. The molecule has 1 N–H and O–H groups in total. The van der Waals surface area contributed by atoms with E-state index in [4.69, 9.17) is 4.74 Å². The first kappa shape index (κ1) is 13.5. The lowest BCUT2D eigenvalue weighted by Gasteiger charge is -2.18. The van der Waals surface area contributed by atoms with Crippen LogP contribution >= 0.6 is 11.8 Å². The molecule has 1 aliphatic carbocycles. The average Bonchev–Trinajstić information content (AvgIpc) is 2.79. The van der Waals surface area contributed by atoms with Gasteiger partial charge in [-0.25, -0.2) is 4.98 Å². The fourth-order valence-electron chi connectivity index (χ4n) is 2.33. The number of rotatable bonds is 5. The Labute approximate surface area is 114 Å². The molecule has 0 saturated heterocycles. The molecule has 100 valence electrons. The summed E-state index contributed by atoms with van der Waals surface area (Å²) in [5.41, 5.74) is 0. The van der Waals surface area contributed by atoms with Gasteiger partial charge in [0.05, 0.1) is 6.10 Å². The van der Waals surface area contributed by atoms with Crippen molar-refractivity contribution in [2.24, 2.45) is 0 Å². The van der Waals surface area contributed by atoms with Crippen LogP contribution in [0.15, 0.2) is 18.3 Å². The first-order valence-corrected chi connectivity index (χ1v) is 7.89. The van der Waals surface area contributed by atoms with Gasteiger partial charge in [-0.1, -0.05) is 0 Å². The van der Waals surface area contributed by atoms with Gasteiger partial charge >= 0.3 is 0 Å². The fraction of sp³-hybridized carbons (Fsp3) is 0.643. The van der Waals surface area contributed by atoms with Crippen molar-refractivity contribution in [3.05, 3.63) is 18.3 Å². The summed E-state index contributed by atoms with van der Waals surface area (Å²) < 4.78 is 5.78. The summed E-state index contributed by atoms with van der Waals surface area (Å²) in [5, 5.41) is 4.32. The zero-order valence-electron chi connectivity index (χ0n) is 11.3. The number of nitrogens with zero attached hydrogens (tertiary/aromatic N) is 1. The van der Waals surface area contributed by atoms with Crippen molar-refractivity contribution in [1.29, 1.82) is 0 Å². The highest BCUT2D eigenvalue weighted by Gasteiger charge is 2.24. The molecule has 3 nitrogen and oxygen atoms in total. The lowest BCUT2D eigenvalue weighted by molar-refractivity contribution is 0.242. The normalized spacial score (nSPS) is 23.3. The number of ether oxygens (including phenoxy) is 1. The summed E-state index contributed by atoms with van der Waals surface area (Å²) >= 11 is 1.97. The molecule has 2 atom stereocenters. The van der Waals surface area contributed by atoms with Gasteiger partial charge in [-0.15, -0.1) is 0 Å². The summed E-state index contributed by atoms with van der Waals surface area (Å²) in [7, 11) is 0. The third-order valence-electron chi connectivity index (χ3n) is 3.19. The molecule has 0 amide bonds. The maximum Gasteiger partial charge on any atom is 0.168 e. The van der Waals surface area contributed by atoms with Gasteiger partial charge in [0.1, 0.15) is 0 Å². The van der Waals surface area contributed by atoms with Crippen molar-refractivity contribution >= 4 is 17.6 Å². The SMILES string of the molecule is CSC1CCC(Nc2ncccc2OC(C)C)C1. The van der Waals surface area contributed by atoms with Crippen LogP contribution in [0, 0.1) is 0 Å². The van der Waals surface area contributed by atoms with Crippen LogP contribution < -0.4 is 10.1 Å². The number of aromatic nitrogens is 1. The summed E-state index contributed by atoms with van der Waals surface area (Å²) in [5.74, 6) is 1.75. The molecule has 0 aliphatic heterocycles. The van der Waals surface area contributed by atoms with Crippen LogP contribution in [0.3, 0.4) is 0 Å². The van der Waals surface area contributed by atoms with Crippen molar-refractivity contribution in [2.45, 2.75) is 50.5 Å². The van der Waals surface area contributed by atoms with Crippen LogP contribution in [0.1, 0.15) is 33.1 Å². The number of thioether (sulfide) groups is 1. The third kappa shape index (κ3) is 3.55. The molecule has 0 spiro atoms. The molecule has 0 bridgehead atoms. The van der Waals surface area contributed by atoms with E-state index in [2.05, 4.69) is 16.6 Å². The predicted molar refractivity (Wildman–Crippen MR) is 78.6 cm³/mol. The molecule has 1 aromatic heterocycles. The molecule has 2 rings (SSSR count). The van der Waals surface area contributed by atoms with Gasteiger partial charge in [0.15, 0.2) is 11.6 Å². The molecule has 4 heteroatoms. The van der Waals surface area contributed by atoms with Crippen molar-refractivity contribution < 1.29 is 4.74 Å².